The van der Waals surface area contributed by atoms with Gasteiger partial charge in [-0.25, -0.2) is 0 Å². The Hall–Kier alpha value is -0.600. The van der Waals surface area contributed by atoms with E-state index in [1.54, 1.807) is 0 Å². The van der Waals surface area contributed by atoms with Gasteiger partial charge in [0.1, 0.15) is 0 Å². The van der Waals surface area contributed by atoms with Crippen LogP contribution in [0.2, 0.25) is 0 Å². The zero-order valence-electron chi connectivity index (χ0n) is 8.23. The molecule has 2 N–H and O–H groups in total. The Balaban J connectivity index is 0.000000980. The molecule has 1 fully saturated rings. The number of nitrogens with zero attached hydrogens (tertiary/aromatic N) is 1. The zero-order chi connectivity index (χ0) is 9.10. The molecule has 2 rings (SSSR count). The third-order valence-electron chi connectivity index (χ3n) is 3.00. The zero-order valence-corrected chi connectivity index (χ0v) is 9.04. The number of pyridine rings is 1. The number of rotatable bonds is 2. The largest absolute Gasteiger partial charge is 0.324 e. The van der Waals surface area contributed by atoms with Crippen LogP contribution in [0.1, 0.15) is 37.3 Å². The molecule has 1 atom stereocenters. The second-order valence-corrected chi connectivity index (χ2v) is 3.85. The highest BCUT2D eigenvalue weighted by Crippen LogP contribution is 2.33. The van der Waals surface area contributed by atoms with Crippen LogP contribution in [0.3, 0.4) is 0 Å². The van der Waals surface area contributed by atoms with Gasteiger partial charge in [0, 0.05) is 18.4 Å². The third-order valence-corrected chi connectivity index (χ3v) is 3.00. The van der Waals surface area contributed by atoms with Gasteiger partial charge in [-0.2, -0.15) is 0 Å². The first-order chi connectivity index (χ1) is 6.38. The molecule has 2 nitrogen and oxygen atoms in total. The Morgan fingerprint density at radius 1 is 1.21 bits per heavy atom. The molecule has 0 spiro atoms. The molecule has 14 heavy (non-hydrogen) atoms. The highest BCUT2D eigenvalue weighted by molar-refractivity contribution is 5.85. The van der Waals surface area contributed by atoms with Gasteiger partial charge < -0.3 is 5.73 Å². The van der Waals surface area contributed by atoms with Crippen LogP contribution < -0.4 is 5.73 Å². The monoisotopic (exact) mass is 212 g/mol. The molecule has 0 amide bonds. The Kier molecular flexibility index (Phi) is 4.36. The summed E-state index contributed by atoms with van der Waals surface area (Å²) in [6.07, 6.45) is 8.94. The molecule has 78 valence electrons. The molecule has 0 aromatic carbocycles. The van der Waals surface area contributed by atoms with Crippen molar-refractivity contribution in [3.63, 3.8) is 0 Å². The summed E-state index contributed by atoms with van der Waals surface area (Å²) in [6.45, 7) is 0. The minimum Gasteiger partial charge on any atom is -0.324 e. The Morgan fingerprint density at radius 3 is 2.36 bits per heavy atom. The summed E-state index contributed by atoms with van der Waals surface area (Å²) < 4.78 is 0. The van der Waals surface area contributed by atoms with Crippen molar-refractivity contribution < 1.29 is 0 Å². The summed E-state index contributed by atoms with van der Waals surface area (Å²) in [4.78, 5) is 4.00. The van der Waals surface area contributed by atoms with E-state index in [0.717, 1.165) is 0 Å². The summed E-state index contributed by atoms with van der Waals surface area (Å²) in [6, 6.07) is 4.29. The van der Waals surface area contributed by atoms with Crippen molar-refractivity contribution >= 4 is 12.4 Å². The molecule has 3 heteroatoms. The Labute approximate surface area is 91.3 Å². The molecular formula is C11H17ClN2. The average Bonchev–Trinajstić information content (AvgIpc) is 2.71. The van der Waals surface area contributed by atoms with Crippen LogP contribution in [0.5, 0.6) is 0 Å². The molecular weight excluding hydrogens is 196 g/mol. The maximum atomic E-state index is 6.17. The fraction of sp³-hybridized carbons (Fsp3) is 0.545. The molecule has 1 unspecified atom stereocenters. The molecule has 1 heterocycles. The number of nitrogens with two attached hydrogens (primary N) is 1. The normalized spacial score (nSPS) is 18.9. The van der Waals surface area contributed by atoms with Gasteiger partial charge in [-0.3, -0.25) is 4.98 Å². The number of halogens is 1. The van der Waals surface area contributed by atoms with Crippen LogP contribution in [0.15, 0.2) is 24.5 Å². The van der Waals surface area contributed by atoms with E-state index in [1.165, 1.54) is 31.2 Å². The van der Waals surface area contributed by atoms with Gasteiger partial charge in [0.05, 0.1) is 0 Å². The maximum absolute atomic E-state index is 6.17. The highest BCUT2D eigenvalue weighted by atomic mass is 35.5. The van der Waals surface area contributed by atoms with Gasteiger partial charge in [-0.15, -0.1) is 12.4 Å². The first-order valence-corrected chi connectivity index (χ1v) is 5.03. The molecule has 1 saturated carbocycles. The maximum Gasteiger partial charge on any atom is 0.0324 e. The smallest absolute Gasteiger partial charge is 0.0324 e. The van der Waals surface area contributed by atoms with Crippen molar-refractivity contribution in [3.05, 3.63) is 30.1 Å². The van der Waals surface area contributed by atoms with Crippen molar-refractivity contribution in [2.45, 2.75) is 31.7 Å². The van der Waals surface area contributed by atoms with E-state index < -0.39 is 0 Å². The van der Waals surface area contributed by atoms with Crippen LogP contribution in [-0.2, 0) is 0 Å². The van der Waals surface area contributed by atoms with Gasteiger partial charge in [-0.05, 0) is 36.5 Å². The van der Waals surface area contributed by atoms with E-state index in [4.69, 9.17) is 5.73 Å². The van der Waals surface area contributed by atoms with Gasteiger partial charge in [0.15, 0.2) is 0 Å². The van der Waals surface area contributed by atoms with Crippen molar-refractivity contribution in [1.29, 1.82) is 0 Å². The van der Waals surface area contributed by atoms with Crippen LogP contribution in [0, 0.1) is 5.92 Å². The standard InChI is InChI=1S/C11H16N2.ClH/c12-11(9-3-1-2-4-9)10-5-7-13-8-6-10;/h5-9,11H,1-4,12H2;1H. The summed E-state index contributed by atoms with van der Waals surface area (Å²) in [5.41, 5.74) is 7.41. The fourth-order valence-corrected chi connectivity index (χ4v) is 2.17. The lowest BCUT2D eigenvalue weighted by atomic mass is 9.93. The minimum atomic E-state index is 0. The highest BCUT2D eigenvalue weighted by Gasteiger charge is 2.22. The Morgan fingerprint density at radius 2 is 1.79 bits per heavy atom. The summed E-state index contributed by atoms with van der Waals surface area (Å²) in [7, 11) is 0. The van der Waals surface area contributed by atoms with E-state index in [9.17, 15) is 0 Å². The molecule has 1 aliphatic carbocycles. The van der Waals surface area contributed by atoms with Crippen molar-refractivity contribution in [2.24, 2.45) is 11.7 Å². The SMILES string of the molecule is Cl.NC(c1ccncc1)C1CCCC1. The van der Waals surface area contributed by atoms with E-state index in [-0.39, 0.29) is 18.4 Å². The molecule has 1 aliphatic rings. The second kappa shape index (κ2) is 5.32. The lowest BCUT2D eigenvalue weighted by molar-refractivity contribution is 0.444. The third kappa shape index (κ3) is 2.46. The van der Waals surface area contributed by atoms with Crippen LogP contribution in [-0.4, -0.2) is 4.98 Å². The number of aromatic nitrogens is 1. The minimum absolute atomic E-state index is 0. The molecule has 1 aromatic rings. The lowest BCUT2D eigenvalue weighted by Crippen LogP contribution is -2.18. The molecule has 0 aliphatic heterocycles. The van der Waals surface area contributed by atoms with Crippen LogP contribution in [0.4, 0.5) is 0 Å². The number of hydrogen-bond donors (Lipinski definition) is 1. The predicted octanol–water partition coefficient (Wildman–Crippen LogP) is 2.69. The summed E-state index contributed by atoms with van der Waals surface area (Å²) in [5, 5.41) is 0. The van der Waals surface area contributed by atoms with Gasteiger partial charge in [0.25, 0.3) is 0 Å². The lowest BCUT2D eigenvalue weighted by Gasteiger charge is -2.18. The van der Waals surface area contributed by atoms with Gasteiger partial charge >= 0.3 is 0 Å². The predicted molar refractivity (Wildman–Crippen MR) is 60.4 cm³/mol. The van der Waals surface area contributed by atoms with Crippen LogP contribution in [0.25, 0.3) is 0 Å². The van der Waals surface area contributed by atoms with E-state index in [1.807, 2.05) is 24.5 Å². The fourth-order valence-electron chi connectivity index (χ4n) is 2.17. The molecule has 0 bridgehead atoms. The van der Waals surface area contributed by atoms with Gasteiger partial charge in [-0.1, -0.05) is 12.8 Å². The van der Waals surface area contributed by atoms with Crippen molar-refractivity contribution in [3.8, 4) is 0 Å². The average molecular weight is 213 g/mol. The summed E-state index contributed by atoms with van der Waals surface area (Å²) in [5.74, 6) is 0.697. The number of hydrogen-bond acceptors (Lipinski definition) is 2. The second-order valence-electron chi connectivity index (χ2n) is 3.85. The molecule has 0 saturated heterocycles. The van der Waals surface area contributed by atoms with Crippen molar-refractivity contribution in [2.75, 3.05) is 0 Å². The van der Waals surface area contributed by atoms with E-state index in [0.29, 0.717) is 5.92 Å². The quantitative estimate of drug-likeness (QED) is 0.819. The summed E-state index contributed by atoms with van der Waals surface area (Å²) >= 11 is 0. The van der Waals surface area contributed by atoms with E-state index >= 15 is 0 Å². The molecule has 0 radical (unpaired) electrons. The van der Waals surface area contributed by atoms with E-state index in [2.05, 4.69) is 4.98 Å². The van der Waals surface area contributed by atoms with Crippen molar-refractivity contribution in [1.82, 2.24) is 4.98 Å². The molecule has 1 aromatic heterocycles. The topological polar surface area (TPSA) is 38.9 Å². The Bertz CT molecular complexity index is 257. The first-order valence-electron chi connectivity index (χ1n) is 5.03. The van der Waals surface area contributed by atoms with Crippen LogP contribution >= 0.6 is 12.4 Å². The van der Waals surface area contributed by atoms with Gasteiger partial charge in [0.2, 0.25) is 0 Å². The first kappa shape index (κ1) is 11.5.